The Hall–Kier alpha value is -2.66. The molecule has 5 heteroatoms. The summed E-state index contributed by atoms with van der Waals surface area (Å²) in [5.74, 6) is -0.223. The van der Waals surface area contributed by atoms with Gasteiger partial charge in [-0.25, -0.2) is 0 Å². The summed E-state index contributed by atoms with van der Waals surface area (Å²) in [6.07, 6.45) is 0.409. The third-order valence-electron chi connectivity index (χ3n) is 5.32. The molecule has 5 nitrogen and oxygen atoms in total. The van der Waals surface area contributed by atoms with Crippen molar-refractivity contribution in [2.24, 2.45) is 5.92 Å². The molecule has 1 N–H and O–H groups in total. The van der Waals surface area contributed by atoms with E-state index in [4.69, 9.17) is 4.74 Å². The lowest BCUT2D eigenvalue weighted by Gasteiger charge is -2.42. The van der Waals surface area contributed by atoms with E-state index in [9.17, 15) is 9.59 Å². The first kappa shape index (κ1) is 21.1. The Balaban J connectivity index is 1.97. The molecule has 0 radical (unpaired) electrons. The average Bonchev–Trinajstić information content (AvgIpc) is 2.74. The molecule has 1 aliphatic heterocycles. The van der Waals surface area contributed by atoms with Gasteiger partial charge in [-0.3, -0.25) is 9.59 Å². The minimum Gasteiger partial charge on any atom is -0.361 e. The van der Waals surface area contributed by atoms with E-state index in [1.165, 1.54) is 0 Å². The molecule has 0 saturated carbocycles. The number of ether oxygens (including phenoxy) is 1. The number of carbonyl (C=O) groups is 2. The highest BCUT2D eigenvalue weighted by molar-refractivity contribution is 5.88. The van der Waals surface area contributed by atoms with E-state index in [1.54, 1.807) is 4.90 Å². The van der Waals surface area contributed by atoms with Crippen LogP contribution in [0.2, 0.25) is 0 Å². The number of rotatable bonds is 6. The van der Waals surface area contributed by atoms with E-state index in [1.807, 2.05) is 57.2 Å². The van der Waals surface area contributed by atoms with Gasteiger partial charge in [-0.15, -0.1) is 0 Å². The summed E-state index contributed by atoms with van der Waals surface area (Å²) in [7, 11) is 0. The summed E-state index contributed by atoms with van der Waals surface area (Å²) < 4.78 is 6.13. The zero-order valence-corrected chi connectivity index (χ0v) is 17.5. The van der Waals surface area contributed by atoms with Crippen molar-refractivity contribution in [1.29, 1.82) is 0 Å². The topological polar surface area (TPSA) is 58.6 Å². The number of likely N-dealkylation sites (N-methyl/N-ethyl adjacent to an activating group) is 1. The van der Waals surface area contributed by atoms with Crippen molar-refractivity contribution in [1.82, 2.24) is 10.2 Å². The van der Waals surface area contributed by atoms with Crippen molar-refractivity contribution in [3.63, 3.8) is 0 Å². The number of carbonyl (C=O) groups excluding carboxylic acids is 2. The van der Waals surface area contributed by atoms with E-state index in [2.05, 4.69) is 23.5 Å². The van der Waals surface area contributed by atoms with Gasteiger partial charge in [0, 0.05) is 25.4 Å². The Morgan fingerprint density at radius 2 is 1.79 bits per heavy atom. The summed E-state index contributed by atoms with van der Waals surface area (Å²) in [6.45, 7) is 7.30. The molecule has 2 aromatic carbocycles. The maximum absolute atomic E-state index is 13.1. The number of hydrogen-bond donors (Lipinski definition) is 1. The van der Waals surface area contributed by atoms with Crippen LogP contribution in [0.5, 0.6) is 0 Å². The van der Waals surface area contributed by atoms with Gasteiger partial charge in [-0.1, -0.05) is 68.4 Å². The fourth-order valence-corrected chi connectivity index (χ4v) is 3.87. The second-order valence-electron chi connectivity index (χ2n) is 7.82. The number of amides is 2. The average molecular weight is 395 g/mol. The normalized spacial score (nSPS) is 19.2. The van der Waals surface area contributed by atoms with Crippen LogP contribution in [0.3, 0.4) is 0 Å². The molecular formula is C24H30N2O3. The Morgan fingerprint density at radius 3 is 2.48 bits per heavy atom. The first-order valence-electron chi connectivity index (χ1n) is 10.3. The Labute approximate surface area is 173 Å². The van der Waals surface area contributed by atoms with Gasteiger partial charge in [-0.2, -0.15) is 0 Å². The second kappa shape index (κ2) is 9.23. The highest BCUT2D eigenvalue weighted by Crippen LogP contribution is 2.30. The number of morpholine rings is 1. The molecule has 0 aliphatic carbocycles. The maximum atomic E-state index is 13.1. The first-order valence-corrected chi connectivity index (χ1v) is 10.3. The second-order valence-corrected chi connectivity index (χ2v) is 7.82. The van der Waals surface area contributed by atoms with E-state index in [-0.39, 0.29) is 24.3 Å². The Morgan fingerprint density at radius 1 is 1.10 bits per heavy atom. The third kappa shape index (κ3) is 4.67. The zero-order valence-electron chi connectivity index (χ0n) is 17.5. The van der Waals surface area contributed by atoms with Gasteiger partial charge < -0.3 is 15.0 Å². The SMILES string of the molecule is CCNC(=O)[C@@]1(Cc2ccccc2-c2ccccc2)CN(C(=O)C(C)C)CCO1. The van der Waals surface area contributed by atoms with Crippen LogP contribution in [0.1, 0.15) is 26.3 Å². The summed E-state index contributed by atoms with van der Waals surface area (Å²) in [5, 5.41) is 2.92. The number of benzene rings is 2. The Kier molecular flexibility index (Phi) is 6.70. The molecule has 1 atom stereocenters. The highest BCUT2D eigenvalue weighted by atomic mass is 16.5. The van der Waals surface area contributed by atoms with E-state index in [0.717, 1.165) is 16.7 Å². The number of nitrogens with zero attached hydrogens (tertiary/aromatic N) is 1. The van der Waals surface area contributed by atoms with Gasteiger partial charge in [0.15, 0.2) is 5.60 Å². The predicted octanol–water partition coefficient (Wildman–Crippen LogP) is 3.29. The molecule has 0 spiro atoms. The van der Waals surface area contributed by atoms with Crippen LogP contribution in [0.4, 0.5) is 0 Å². The summed E-state index contributed by atoms with van der Waals surface area (Å²) >= 11 is 0. The van der Waals surface area contributed by atoms with E-state index < -0.39 is 5.60 Å². The lowest BCUT2D eigenvalue weighted by molar-refractivity contribution is -0.167. The minimum atomic E-state index is -1.09. The fourth-order valence-electron chi connectivity index (χ4n) is 3.87. The molecule has 154 valence electrons. The molecular weight excluding hydrogens is 364 g/mol. The third-order valence-corrected chi connectivity index (χ3v) is 5.32. The zero-order chi connectivity index (χ0) is 20.9. The van der Waals surface area contributed by atoms with Gasteiger partial charge in [0.05, 0.1) is 13.2 Å². The van der Waals surface area contributed by atoms with Crippen LogP contribution >= 0.6 is 0 Å². The minimum absolute atomic E-state index is 0.0540. The molecule has 0 aromatic heterocycles. The molecule has 1 saturated heterocycles. The van der Waals surface area contributed by atoms with Crippen LogP contribution in [-0.4, -0.2) is 48.6 Å². The van der Waals surface area contributed by atoms with Crippen LogP contribution in [-0.2, 0) is 20.7 Å². The molecule has 1 heterocycles. The lowest BCUT2D eigenvalue weighted by atomic mass is 9.87. The highest BCUT2D eigenvalue weighted by Gasteiger charge is 2.45. The molecule has 2 aromatic rings. The van der Waals surface area contributed by atoms with Gasteiger partial charge in [0.25, 0.3) is 5.91 Å². The van der Waals surface area contributed by atoms with Crippen molar-refractivity contribution in [2.45, 2.75) is 32.8 Å². The quantitative estimate of drug-likeness (QED) is 0.818. The lowest BCUT2D eigenvalue weighted by Crippen LogP contribution is -2.62. The molecule has 1 aliphatic rings. The molecule has 3 rings (SSSR count). The standard InChI is InChI=1S/C24H30N2O3/c1-4-25-23(28)24(17-26(14-15-29-24)22(27)18(2)3)16-20-12-8-9-13-21(20)19-10-6-5-7-11-19/h5-13,18H,4,14-17H2,1-3H3,(H,25,28)/t24-/m1/s1. The van der Waals surface area contributed by atoms with Crippen molar-refractivity contribution in [2.75, 3.05) is 26.2 Å². The van der Waals surface area contributed by atoms with Gasteiger partial charge in [0.2, 0.25) is 5.91 Å². The van der Waals surface area contributed by atoms with E-state index in [0.29, 0.717) is 26.1 Å². The summed E-state index contributed by atoms with van der Waals surface area (Å²) in [4.78, 5) is 27.6. The van der Waals surface area contributed by atoms with Crippen LogP contribution in [0, 0.1) is 5.92 Å². The van der Waals surface area contributed by atoms with Crippen molar-refractivity contribution in [3.05, 3.63) is 60.2 Å². The van der Waals surface area contributed by atoms with Crippen molar-refractivity contribution < 1.29 is 14.3 Å². The molecule has 29 heavy (non-hydrogen) atoms. The van der Waals surface area contributed by atoms with Gasteiger partial charge >= 0.3 is 0 Å². The monoisotopic (exact) mass is 394 g/mol. The van der Waals surface area contributed by atoms with Crippen LogP contribution in [0.25, 0.3) is 11.1 Å². The van der Waals surface area contributed by atoms with Crippen molar-refractivity contribution in [3.8, 4) is 11.1 Å². The first-order chi connectivity index (χ1) is 14.0. The molecule has 0 unspecified atom stereocenters. The van der Waals surface area contributed by atoms with Crippen LogP contribution in [0.15, 0.2) is 54.6 Å². The van der Waals surface area contributed by atoms with Crippen LogP contribution < -0.4 is 5.32 Å². The molecule has 2 amide bonds. The van der Waals surface area contributed by atoms with Gasteiger partial charge in [-0.05, 0) is 23.6 Å². The summed E-state index contributed by atoms with van der Waals surface area (Å²) in [5.41, 5.74) is 2.11. The smallest absolute Gasteiger partial charge is 0.254 e. The maximum Gasteiger partial charge on any atom is 0.254 e. The number of nitrogens with one attached hydrogen (secondary N) is 1. The fraction of sp³-hybridized carbons (Fsp3) is 0.417. The predicted molar refractivity (Wildman–Crippen MR) is 114 cm³/mol. The number of hydrogen-bond acceptors (Lipinski definition) is 3. The Bertz CT molecular complexity index is 850. The van der Waals surface area contributed by atoms with Crippen molar-refractivity contribution >= 4 is 11.8 Å². The summed E-state index contributed by atoms with van der Waals surface area (Å²) in [6, 6.07) is 18.2. The van der Waals surface area contributed by atoms with Gasteiger partial charge in [0.1, 0.15) is 0 Å². The largest absolute Gasteiger partial charge is 0.361 e. The molecule has 1 fully saturated rings. The molecule has 0 bridgehead atoms. The van der Waals surface area contributed by atoms with E-state index >= 15 is 0 Å².